The van der Waals surface area contributed by atoms with Gasteiger partial charge in [0, 0.05) is 28.1 Å². The summed E-state index contributed by atoms with van der Waals surface area (Å²) in [5, 5.41) is 3.27. The number of hydrogen-bond donors (Lipinski definition) is 1. The molecule has 0 unspecified atom stereocenters. The Labute approximate surface area is 143 Å². The summed E-state index contributed by atoms with van der Waals surface area (Å²) in [6, 6.07) is 5.74. The van der Waals surface area contributed by atoms with Crippen LogP contribution < -0.4 is 5.32 Å². The fourth-order valence-electron chi connectivity index (χ4n) is 2.76. The Balaban J connectivity index is 2.19. The maximum Gasteiger partial charge on any atom is 0.244 e. The van der Waals surface area contributed by atoms with Gasteiger partial charge in [-0.3, -0.25) is 0 Å². The molecular formula is C14H20Br2N2O2S. The quantitative estimate of drug-likeness (QED) is 0.782. The van der Waals surface area contributed by atoms with Gasteiger partial charge in [-0.25, -0.2) is 8.42 Å². The molecule has 0 bridgehead atoms. The van der Waals surface area contributed by atoms with Crippen molar-refractivity contribution < 1.29 is 8.42 Å². The van der Waals surface area contributed by atoms with E-state index in [-0.39, 0.29) is 6.04 Å². The van der Waals surface area contributed by atoms with Crippen LogP contribution in [0.2, 0.25) is 0 Å². The van der Waals surface area contributed by atoms with Gasteiger partial charge in [0.25, 0.3) is 0 Å². The summed E-state index contributed by atoms with van der Waals surface area (Å²) in [5.74, 6) is 0. The lowest BCUT2D eigenvalue weighted by molar-refractivity contribution is 0.255. The second-order valence-electron chi connectivity index (χ2n) is 5.39. The molecule has 1 N–H and O–H groups in total. The molecule has 1 aliphatic carbocycles. The summed E-state index contributed by atoms with van der Waals surface area (Å²) >= 11 is 6.70. The smallest absolute Gasteiger partial charge is 0.244 e. The zero-order valence-electron chi connectivity index (χ0n) is 12.1. The first kappa shape index (κ1) is 17.4. The lowest BCUT2D eigenvalue weighted by Crippen LogP contribution is -2.42. The van der Waals surface area contributed by atoms with Crippen molar-refractivity contribution in [1.82, 2.24) is 9.62 Å². The van der Waals surface area contributed by atoms with Gasteiger partial charge >= 0.3 is 0 Å². The van der Waals surface area contributed by atoms with Crippen molar-refractivity contribution in [1.29, 1.82) is 0 Å². The fraction of sp³-hybridized carbons (Fsp3) is 0.571. The van der Waals surface area contributed by atoms with Crippen LogP contribution in [-0.2, 0) is 10.0 Å². The predicted octanol–water partition coefficient (Wildman–Crippen LogP) is 3.36. The molecule has 4 nitrogen and oxygen atoms in total. The molecule has 0 saturated heterocycles. The molecule has 118 valence electrons. The van der Waals surface area contributed by atoms with E-state index in [1.807, 2.05) is 7.05 Å². The molecule has 0 heterocycles. The molecule has 0 aromatic heterocycles. The van der Waals surface area contributed by atoms with E-state index in [1.165, 1.54) is 4.31 Å². The average Bonchev–Trinajstić information content (AvgIpc) is 2.46. The molecule has 1 fully saturated rings. The fourth-order valence-corrected chi connectivity index (χ4v) is 5.88. The second-order valence-corrected chi connectivity index (χ2v) is 9.13. The number of halogens is 2. The first-order chi connectivity index (χ1) is 9.86. The van der Waals surface area contributed by atoms with Crippen LogP contribution in [0.4, 0.5) is 0 Å². The third-order valence-corrected chi connectivity index (χ3v) is 7.55. The highest BCUT2D eigenvalue weighted by Crippen LogP contribution is 2.31. The van der Waals surface area contributed by atoms with Crippen LogP contribution in [0.5, 0.6) is 0 Å². The lowest BCUT2D eigenvalue weighted by atomic mass is 9.91. The van der Waals surface area contributed by atoms with E-state index in [4.69, 9.17) is 0 Å². The highest BCUT2D eigenvalue weighted by Gasteiger charge is 2.32. The van der Waals surface area contributed by atoms with Crippen LogP contribution in [0.3, 0.4) is 0 Å². The van der Waals surface area contributed by atoms with Crippen molar-refractivity contribution in [3.8, 4) is 0 Å². The second kappa shape index (κ2) is 7.08. The minimum atomic E-state index is -3.47. The molecule has 1 saturated carbocycles. The number of rotatable bonds is 4. The van der Waals surface area contributed by atoms with Gasteiger partial charge in [-0.05, 0) is 66.9 Å². The Bertz CT molecular complexity index is 599. The Morgan fingerprint density at radius 1 is 1.19 bits per heavy atom. The Morgan fingerprint density at radius 2 is 1.81 bits per heavy atom. The van der Waals surface area contributed by atoms with Crippen molar-refractivity contribution in [2.24, 2.45) is 0 Å². The maximum absolute atomic E-state index is 12.8. The van der Waals surface area contributed by atoms with Gasteiger partial charge in [-0.2, -0.15) is 4.31 Å². The Morgan fingerprint density at radius 3 is 2.33 bits per heavy atom. The summed E-state index contributed by atoms with van der Waals surface area (Å²) in [5.41, 5.74) is 0. The lowest BCUT2D eigenvalue weighted by Gasteiger charge is -2.34. The van der Waals surface area contributed by atoms with E-state index < -0.39 is 10.0 Å². The van der Waals surface area contributed by atoms with E-state index in [9.17, 15) is 8.42 Å². The molecule has 0 spiro atoms. The molecular weight excluding hydrogens is 420 g/mol. The highest BCUT2D eigenvalue weighted by molar-refractivity contribution is 9.11. The van der Waals surface area contributed by atoms with Crippen LogP contribution in [0, 0.1) is 0 Å². The van der Waals surface area contributed by atoms with Crippen LogP contribution in [-0.4, -0.2) is 38.9 Å². The van der Waals surface area contributed by atoms with Gasteiger partial charge in [-0.15, -0.1) is 0 Å². The van der Waals surface area contributed by atoms with Gasteiger partial charge < -0.3 is 5.32 Å². The zero-order chi connectivity index (χ0) is 15.6. The molecule has 0 amide bonds. The normalized spacial score (nSPS) is 23.5. The summed E-state index contributed by atoms with van der Waals surface area (Å²) in [6.07, 6.45) is 3.83. The van der Waals surface area contributed by atoms with Gasteiger partial charge in [0.2, 0.25) is 10.0 Å². The zero-order valence-corrected chi connectivity index (χ0v) is 16.1. The third kappa shape index (κ3) is 3.88. The summed E-state index contributed by atoms with van der Waals surface area (Å²) < 4.78 is 28.5. The molecule has 0 aliphatic heterocycles. The molecule has 1 aromatic carbocycles. The standard InChI is InChI=1S/C14H20Br2N2O2S/c1-17-11-4-6-12(7-5-11)18(2)21(19,20)14-8-3-10(15)9-13(14)16/h3,8-9,11-12,17H,4-7H2,1-2H3. The third-order valence-electron chi connectivity index (χ3n) is 4.17. The Hall–Kier alpha value is 0.0500. The average molecular weight is 440 g/mol. The number of sulfonamides is 1. The van der Waals surface area contributed by atoms with Crippen molar-refractivity contribution in [2.45, 2.75) is 42.7 Å². The van der Waals surface area contributed by atoms with Crippen molar-refractivity contribution in [3.05, 3.63) is 27.1 Å². The SMILES string of the molecule is CNC1CCC(N(C)S(=O)(=O)c2ccc(Br)cc2Br)CC1. The topological polar surface area (TPSA) is 49.4 Å². The number of nitrogens with one attached hydrogen (secondary N) is 1. The van der Waals surface area contributed by atoms with E-state index in [2.05, 4.69) is 37.2 Å². The minimum absolute atomic E-state index is 0.0788. The van der Waals surface area contributed by atoms with Crippen LogP contribution >= 0.6 is 31.9 Å². The molecule has 1 aliphatic rings. The number of hydrogen-bond acceptors (Lipinski definition) is 3. The summed E-state index contributed by atoms with van der Waals surface area (Å²) in [4.78, 5) is 0.323. The van der Waals surface area contributed by atoms with Gasteiger partial charge in [0.1, 0.15) is 0 Å². The predicted molar refractivity (Wildman–Crippen MR) is 91.9 cm³/mol. The van der Waals surface area contributed by atoms with Crippen molar-refractivity contribution in [3.63, 3.8) is 0 Å². The van der Waals surface area contributed by atoms with Crippen molar-refractivity contribution in [2.75, 3.05) is 14.1 Å². The summed E-state index contributed by atoms with van der Waals surface area (Å²) in [7, 11) is 0.186. The van der Waals surface area contributed by atoms with Gasteiger partial charge in [0.05, 0.1) is 4.90 Å². The molecule has 7 heteroatoms. The first-order valence-electron chi connectivity index (χ1n) is 6.96. The van der Waals surface area contributed by atoms with E-state index >= 15 is 0 Å². The molecule has 0 radical (unpaired) electrons. The number of nitrogens with zero attached hydrogens (tertiary/aromatic N) is 1. The highest BCUT2D eigenvalue weighted by atomic mass is 79.9. The van der Waals surface area contributed by atoms with Crippen LogP contribution in [0.15, 0.2) is 32.0 Å². The minimum Gasteiger partial charge on any atom is -0.317 e. The van der Waals surface area contributed by atoms with E-state index in [1.54, 1.807) is 25.2 Å². The van der Waals surface area contributed by atoms with E-state index in [0.29, 0.717) is 15.4 Å². The van der Waals surface area contributed by atoms with Crippen molar-refractivity contribution >= 4 is 41.9 Å². The first-order valence-corrected chi connectivity index (χ1v) is 9.99. The van der Waals surface area contributed by atoms with Gasteiger partial charge in [0.15, 0.2) is 0 Å². The largest absolute Gasteiger partial charge is 0.317 e. The molecule has 2 rings (SSSR count). The Kier molecular flexibility index (Phi) is 5.87. The van der Waals surface area contributed by atoms with Crippen LogP contribution in [0.1, 0.15) is 25.7 Å². The molecule has 1 aromatic rings. The van der Waals surface area contributed by atoms with Gasteiger partial charge in [-0.1, -0.05) is 15.9 Å². The maximum atomic E-state index is 12.8. The summed E-state index contributed by atoms with van der Waals surface area (Å²) in [6.45, 7) is 0. The monoisotopic (exact) mass is 438 g/mol. The number of benzene rings is 1. The van der Waals surface area contributed by atoms with E-state index in [0.717, 1.165) is 30.2 Å². The molecule has 21 heavy (non-hydrogen) atoms. The molecule has 0 atom stereocenters. The van der Waals surface area contributed by atoms with Crippen LogP contribution in [0.25, 0.3) is 0 Å².